The van der Waals surface area contributed by atoms with Crippen molar-refractivity contribution in [2.45, 2.75) is 24.0 Å². The molecule has 3 heteroatoms. The first-order valence-corrected chi connectivity index (χ1v) is 8.99. The van der Waals surface area contributed by atoms with Crippen molar-refractivity contribution in [2.24, 2.45) is 0 Å². The molecule has 0 aliphatic heterocycles. The SMILES string of the molecule is C=C(C)O.C=C(C)O.[CH3][Y][C]1=CC=CC1. The van der Waals surface area contributed by atoms with Gasteiger partial charge in [-0.1, -0.05) is 13.2 Å². The third-order valence-electron chi connectivity index (χ3n) is 1.17. The molecule has 0 saturated heterocycles. The molecule has 0 unspecified atom stereocenters. The Balaban J connectivity index is 0. The molecular formula is C12H20O2Y. The molecule has 0 amide bonds. The van der Waals surface area contributed by atoms with Crippen molar-refractivity contribution < 1.29 is 39.4 Å². The first kappa shape index (κ1) is 17.1. The summed E-state index contributed by atoms with van der Waals surface area (Å²) in [5.41, 5.74) is 0. The molecule has 0 aromatic carbocycles. The van der Waals surface area contributed by atoms with Crippen LogP contribution >= 0.6 is 0 Å². The molecule has 2 nitrogen and oxygen atoms in total. The van der Waals surface area contributed by atoms with Crippen LogP contribution < -0.4 is 0 Å². The second-order valence-corrected chi connectivity index (χ2v) is 6.38. The van der Waals surface area contributed by atoms with E-state index in [-0.39, 0.29) is 40.7 Å². The molecule has 2 N–H and O–H groups in total. The maximum atomic E-state index is 7.86. The molecule has 83 valence electrons. The van der Waals surface area contributed by atoms with E-state index in [1.807, 2.05) is 0 Å². The van der Waals surface area contributed by atoms with Gasteiger partial charge in [0.15, 0.2) is 0 Å². The minimum absolute atomic E-state index is 0.167. The normalized spacial score (nSPS) is 11.0. The molecule has 0 atom stereocenters. The van der Waals surface area contributed by atoms with E-state index in [0.29, 0.717) is 0 Å². The van der Waals surface area contributed by atoms with Gasteiger partial charge in [0.2, 0.25) is 0 Å². The van der Waals surface area contributed by atoms with E-state index in [9.17, 15) is 0 Å². The van der Waals surface area contributed by atoms with Gasteiger partial charge >= 0.3 is 60.0 Å². The van der Waals surface area contributed by atoms with E-state index in [4.69, 9.17) is 10.2 Å². The molecule has 0 aromatic heterocycles. The summed E-state index contributed by atoms with van der Waals surface area (Å²) >= 11 is -0.189. The molecule has 0 heterocycles. The topological polar surface area (TPSA) is 40.5 Å². The van der Waals surface area contributed by atoms with Crippen LogP contribution in [0.15, 0.2) is 45.3 Å². The molecule has 1 aliphatic carbocycles. The van der Waals surface area contributed by atoms with E-state index in [1.54, 1.807) is 2.38 Å². The van der Waals surface area contributed by atoms with Crippen molar-refractivity contribution in [2.75, 3.05) is 0 Å². The fourth-order valence-corrected chi connectivity index (χ4v) is 2.34. The third kappa shape index (κ3) is 24.8. The summed E-state index contributed by atoms with van der Waals surface area (Å²) in [4.78, 5) is 0. The van der Waals surface area contributed by atoms with Gasteiger partial charge < -0.3 is 10.2 Å². The van der Waals surface area contributed by atoms with Crippen molar-refractivity contribution in [3.63, 3.8) is 0 Å². The standard InChI is InChI=1S/C5H5.2C3H6O.CH3.Y/c1-2-4-5-3-1;2*1-3(2)4;;/h1-3H,4H2;2*4H,1H2,2H3;1H3;. The van der Waals surface area contributed by atoms with Gasteiger partial charge in [-0.2, -0.15) is 0 Å². The van der Waals surface area contributed by atoms with E-state index in [2.05, 4.69) is 35.1 Å². The molecular weight excluding hydrogens is 265 g/mol. The van der Waals surface area contributed by atoms with Crippen molar-refractivity contribution in [3.05, 3.63) is 45.3 Å². The molecule has 0 radical (unpaired) electrons. The van der Waals surface area contributed by atoms with Crippen LogP contribution in [0.5, 0.6) is 0 Å². The summed E-state index contributed by atoms with van der Waals surface area (Å²) in [7, 11) is 0. The number of hydrogen-bond acceptors (Lipinski definition) is 2. The van der Waals surface area contributed by atoms with Crippen molar-refractivity contribution in [3.8, 4) is 0 Å². The Morgan fingerprint density at radius 3 is 1.80 bits per heavy atom. The van der Waals surface area contributed by atoms with Gasteiger partial charge in [-0.25, -0.2) is 0 Å². The number of hydrogen-bond donors (Lipinski definition) is 2. The number of rotatable bonds is 1. The number of aliphatic hydroxyl groups is 2. The van der Waals surface area contributed by atoms with Crippen LogP contribution in [0, 0.1) is 0 Å². The van der Waals surface area contributed by atoms with Crippen LogP contribution in [0.2, 0.25) is 3.73 Å². The zero-order valence-electron chi connectivity index (χ0n) is 9.83. The monoisotopic (exact) mass is 285 g/mol. The Morgan fingerprint density at radius 1 is 1.27 bits per heavy atom. The molecule has 0 aromatic rings. The molecule has 0 fully saturated rings. The van der Waals surface area contributed by atoms with E-state index in [0.717, 1.165) is 0 Å². The summed E-state index contributed by atoms with van der Waals surface area (Å²) in [6, 6.07) is 0. The van der Waals surface area contributed by atoms with Gasteiger partial charge in [0, 0.05) is 0 Å². The Kier molecular flexibility index (Phi) is 13.4. The first-order valence-electron chi connectivity index (χ1n) is 4.74. The fraction of sp³-hybridized carbons (Fsp3) is 0.333. The van der Waals surface area contributed by atoms with Gasteiger partial charge in [-0.15, -0.1) is 0 Å². The van der Waals surface area contributed by atoms with E-state index < -0.39 is 0 Å². The van der Waals surface area contributed by atoms with Crippen molar-refractivity contribution in [1.82, 2.24) is 0 Å². The molecule has 0 bridgehead atoms. The second-order valence-electron chi connectivity index (χ2n) is 3.13. The zero-order valence-corrected chi connectivity index (χ0v) is 12.7. The van der Waals surface area contributed by atoms with Crippen LogP contribution in [-0.2, 0) is 29.2 Å². The van der Waals surface area contributed by atoms with Gasteiger partial charge in [-0.05, 0) is 13.8 Å². The van der Waals surface area contributed by atoms with Crippen LogP contribution in [0.3, 0.4) is 0 Å². The van der Waals surface area contributed by atoms with Gasteiger partial charge in [0.25, 0.3) is 0 Å². The third-order valence-corrected chi connectivity index (χ3v) is 4.05. The summed E-state index contributed by atoms with van der Waals surface area (Å²) < 4.78 is 4.13. The second kappa shape index (κ2) is 11.7. The fourth-order valence-electron chi connectivity index (χ4n) is 0.678. The summed E-state index contributed by atoms with van der Waals surface area (Å²) in [5, 5.41) is 15.7. The van der Waals surface area contributed by atoms with Gasteiger partial charge in [0.1, 0.15) is 0 Å². The van der Waals surface area contributed by atoms with E-state index >= 15 is 0 Å². The quantitative estimate of drug-likeness (QED) is 0.711. The molecule has 15 heavy (non-hydrogen) atoms. The van der Waals surface area contributed by atoms with Gasteiger partial charge in [-0.3, -0.25) is 0 Å². The Bertz CT molecular complexity index is 232. The van der Waals surface area contributed by atoms with E-state index in [1.165, 1.54) is 20.3 Å². The molecule has 1 rings (SSSR count). The average molecular weight is 285 g/mol. The Labute approximate surface area is 108 Å². The van der Waals surface area contributed by atoms with Crippen LogP contribution in [0.25, 0.3) is 0 Å². The molecule has 0 spiro atoms. The van der Waals surface area contributed by atoms with Crippen molar-refractivity contribution >= 4 is 0 Å². The summed E-state index contributed by atoms with van der Waals surface area (Å²) in [6.45, 7) is 9.28. The predicted octanol–water partition coefficient (Wildman–Crippen LogP) is 4.12. The molecule has 1 aliphatic rings. The number of aliphatic hydroxyl groups excluding tert-OH is 2. The minimum atomic E-state index is -0.189. The van der Waals surface area contributed by atoms with Crippen LogP contribution in [-0.4, -0.2) is 10.2 Å². The van der Waals surface area contributed by atoms with Crippen LogP contribution in [0.1, 0.15) is 20.3 Å². The van der Waals surface area contributed by atoms with Crippen LogP contribution in [0.4, 0.5) is 0 Å². The zero-order chi connectivity index (χ0) is 12.3. The number of allylic oxidation sites excluding steroid dienone is 6. The predicted molar refractivity (Wildman–Crippen MR) is 62.6 cm³/mol. The summed E-state index contributed by atoms with van der Waals surface area (Å²) in [6.07, 6.45) is 7.97. The Morgan fingerprint density at radius 2 is 1.67 bits per heavy atom. The Hall–Kier alpha value is -0.336. The molecule has 0 saturated carbocycles. The summed E-state index contributed by atoms with van der Waals surface area (Å²) in [5.74, 6) is 0.333. The average Bonchev–Trinajstić information content (AvgIpc) is 2.52. The first-order chi connectivity index (χ1) is 6.90. The van der Waals surface area contributed by atoms with Gasteiger partial charge in [0.05, 0.1) is 11.5 Å². The maximum absolute atomic E-state index is 7.86. The van der Waals surface area contributed by atoms with Crippen molar-refractivity contribution in [1.29, 1.82) is 0 Å².